The number of carbonyl (C=O) groups is 1. The van der Waals surface area contributed by atoms with Crippen LogP contribution in [0.5, 0.6) is 0 Å². The normalized spacial score (nSPS) is 13.2. The maximum Gasteiger partial charge on any atom is 0.261 e. The second kappa shape index (κ2) is 5.62. The summed E-state index contributed by atoms with van der Waals surface area (Å²) in [6, 6.07) is 9.05. The average molecular weight is 325 g/mol. The molecule has 3 heterocycles. The van der Waals surface area contributed by atoms with Crippen LogP contribution in [0.4, 0.5) is 0 Å². The Kier molecular flexibility index (Phi) is 3.46. The van der Waals surface area contributed by atoms with Gasteiger partial charge in [0.25, 0.3) is 11.5 Å². The highest BCUT2D eigenvalue weighted by molar-refractivity contribution is 7.09. The summed E-state index contributed by atoms with van der Waals surface area (Å²) in [5, 5.41) is 5.45. The van der Waals surface area contributed by atoms with Crippen molar-refractivity contribution in [2.45, 2.75) is 25.9 Å². The van der Waals surface area contributed by atoms with E-state index in [0.717, 1.165) is 30.1 Å². The third kappa shape index (κ3) is 2.55. The van der Waals surface area contributed by atoms with Gasteiger partial charge in [-0.2, -0.15) is 0 Å². The quantitative estimate of drug-likeness (QED) is 0.804. The third-order valence-electron chi connectivity index (χ3n) is 4.08. The number of nitrogens with zero attached hydrogens (tertiary/aromatic N) is 2. The van der Waals surface area contributed by atoms with E-state index in [-0.39, 0.29) is 11.5 Å². The number of nitrogens with one attached hydrogen (secondary N) is 1. The maximum atomic E-state index is 12.4. The van der Waals surface area contributed by atoms with Crippen molar-refractivity contribution in [3.8, 4) is 0 Å². The lowest BCUT2D eigenvalue weighted by Gasteiger charge is -2.07. The Labute approximate surface area is 136 Å². The highest BCUT2D eigenvalue weighted by Gasteiger charge is 2.17. The van der Waals surface area contributed by atoms with Gasteiger partial charge < -0.3 is 5.32 Å². The van der Waals surface area contributed by atoms with Gasteiger partial charge in [0, 0.05) is 23.4 Å². The van der Waals surface area contributed by atoms with Gasteiger partial charge in [0.15, 0.2) is 0 Å². The maximum absolute atomic E-state index is 12.4. The number of hydrogen-bond donors (Lipinski definition) is 1. The number of aromatic nitrogens is 2. The molecule has 1 aromatic carbocycles. The van der Waals surface area contributed by atoms with Gasteiger partial charge in [-0.25, -0.2) is 4.98 Å². The van der Waals surface area contributed by atoms with E-state index in [0.29, 0.717) is 23.0 Å². The Morgan fingerprint density at radius 2 is 2.26 bits per heavy atom. The monoisotopic (exact) mass is 325 g/mol. The van der Waals surface area contributed by atoms with E-state index in [4.69, 9.17) is 0 Å². The van der Waals surface area contributed by atoms with Crippen LogP contribution in [-0.2, 0) is 19.5 Å². The standard InChI is InChI=1S/C17H15N3O2S/c21-16(18-10-12-3-2-8-23-12)11-5-6-13-14(9-11)19-15-4-1-7-20(15)17(13)22/h2-3,5-6,8-9H,1,4,7,10H2,(H,18,21). The molecular weight excluding hydrogens is 310 g/mol. The molecule has 0 fully saturated rings. The minimum atomic E-state index is -0.150. The molecular formula is C17H15N3O2S. The van der Waals surface area contributed by atoms with Crippen LogP contribution in [-0.4, -0.2) is 15.5 Å². The van der Waals surface area contributed by atoms with E-state index in [2.05, 4.69) is 10.3 Å². The zero-order valence-electron chi connectivity index (χ0n) is 12.4. The fraction of sp³-hybridized carbons (Fsp3) is 0.235. The highest BCUT2D eigenvalue weighted by atomic mass is 32.1. The molecule has 0 saturated heterocycles. The van der Waals surface area contributed by atoms with Crippen LogP contribution in [0, 0.1) is 0 Å². The number of amides is 1. The summed E-state index contributed by atoms with van der Waals surface area (Å²) in [5.41, 5.74) is 1.13. The van der Waals surface area contributed by atoms with Crippen LogP contribution in [0.1, 0.15) is 27.5 Å². The molecule has 0 aliphatic carbocycles. The van der Waals surface area contributed by atoms with Crippen molar-refractivity contribution in [1.82, 2.24) is 14.9 Å². The van der Waals surface area contributed by atoms with Gasteiger partial charge in [0.05, 0.1) is 17.4 Å². The van der Waals surface area contributed by atoms with Gasteiger partial charge in [-0.05, 0) is 36.1 Å². The summed E-state index contributed by atoms with van der Waals surface area (Å²) >= 11 is 1.61. The van der Waals surface area contributed by atoms with E-state index < -0.39 is 0 Å². The summed E-state index contributed by atoms with van der Waals surface area (Å²) in [6.07, 6.45) is 1.77. The van der Waals surface area contributed by atoms with Crippen LogP contribution >= 0.6 is 11.3 Å². The summed E-state index contributed by atoms with van der Waals surface area (Å²) in [5.74, 6) is 0.668. The fourth-order valence-corrected chi connectivity index (χ4v) is 3.55. The smallest absolute Gasteiger partial charge is 0.261 e. The summed E-state index contributed by atoms with van der Waals surface area (Å²) < 4.78 is 1.73. The van der Waals surface area contributed by atoms with Gasteiger partial charge in [-0.1, -0.05) is 6.07 Å². The molecule has 0 bridgehead atoms. The lowest BCUT2D eigenvalue weighted by molar-refractivity contribution is 0.0951. The molecule has 0 unspecified atom stereocenters. The first kappa shape index (κ1) is 14.1. The Balaban J connectivity index is 1.65. The SMILES string of the molecule is O=C(NCc1cccs1)c1ccc2c(=O)n3c(nc2c1)CCC3. The average Bonchev–Trinajstić information content (AvgIpc) is 3.23. The molecule has 0 radical (unpaired) electrons. The van der Waals surface area contributed by atoms with E-state index in [1.807, 2.05) is 17.5 Å². The summed E-state index contributed by atoms with van der Waals surface area (Å²) in [4.78, 5) is 30.4. The Bertz CT molecular complexity index is 944. The molecule has 1 amide bonds. The van der Waals surface area contributed by atoms with Crippen LogP contribution in [0.3, 0.4) is 0 Å². The van der Waals surface area contributed by atoms with Crippen molar-refractivity contribution in [2.75, 3.05) is 0 Å². The van der Waals surface area contributed by atoms with Gasteiger partial charge in [-0.15, -0.1) is 11.3 Å². The molecule has 2 aromatic heterocycles. The number of hydrogen-bond acceptors (Lipinski definition) is 4. The van der Waals surface area contributed by atoms with Crippen molar-refractivity contribution >= 4 is 28.1 Å². The molecule has 5 nitrogen and oxygen atoms in total. The predicted molar refractivity (Wildman–Crippen MR) is 89.8 cm³/mol. The molecule has 1 aliphatic heterocycles. The Morgan fingerprint density at radius 3 is 3.09 bits per heavy atom. The van der Waals surface area contributed by atoms with Crippen molar-refractivity contribution in [3.63, 3.8) is 0 Å². The third-order valence-corrected chi connectivity index (χ3v) is 4.96. The molecule has 3 aromatic rings. The lowest BCUT2D eigenvalue weighted by atomic mass is 10.1. The molecule has 6 heteroatoms. The second-order valence-electron chi connectivity index (χ2n) is 5.58. The van der Waals surface area contributed by atoms with E-state index in [1.54, 1.807) is 34.1 Å². The van der Waals surface area contributed by atoms with Crippen molar-refractivity contribution in [3.05, 3.63) is 62.3 Å². The van der Waals surface area contributed by atoms with Crippen LogP contribution < -0.4 is 10.9 Å². The predicted octanol–water partition coefficient (Wildman–Crippen LogP) is 2.33. The van der Waals surface area contributed by atoms with Crippen LogP contribution in [0.15, 0.2) is 40.5 Å². The molecule has 4 rings (SSSR count). The van der Waals surface area contributed by atoms with E-state index in [1.165, 1.54) is 0 Å². The van der Waals surface area contributed by atoms with E-state index >= 15 is 0 Å². The van der Waals surface area contributed by atoms with Gasteiger partial charge >= 0.3 is 0 Å². The van der Waals surface area contributed by atoms with Crippen molar-refractivity contribution < 1.29 is 4.79 Å². The molecule has 0 atom stereocenters. The molecule has 0 saturated carbocycles. The number of aryl methyl sites for hydroxylation is 1. The zero-order chi connectivity index (χ0) is 15.8. The van der Waals surface area contributed by atoms with Gasteiger partial charge in [0.2, 0.25) is 0 Å². The Hall–Kier alpha value is -2.47. The fourth-order valence-electron chi connectivity index (χ4n) is 2.91. The summed E-state index contributed by atoms with van der Waals surface area (Å²) in [6.45, 7) is 1.25. The number of thiophene rings is 1. The molecule has 116 valence electrons. The number of fused-ring (bicyclic) bond motifs is 2. The van der Waals surface area contributed by atoms with Gasteiger partial charge in [0.1, 0.15) is 5.82 Å². The lowest BCUT2D eigenvalue weighted by Crippen LogP contribution is -2.23. The molecule has 0 spiro atoms. The number of rotatable bonds is 3. The first-order chi connectivity index (χ1) is 11.2. The topological polar surface area (TPSA) is 64.0 Å². The summed E-state index contributed by atoms with van der Waals surface area (Å²) in [7, 11) is 0. The molecule has 23 heavy (non-hydrogen) atoms. The van der Waals surface area contributed by atoms with E-state index in [9.17, 15) is 9.59 Å². The molecule has 1 aliphatic rings. The zero-order valence-corrected chi connectivity index (χ0v) is 13.2. The first-order valence-electron chi connectivity index (χ1n) is 7.56. The van der Waals surface area contributed by atoms with Crippen LogP contribution in [0.2, 0.25) is 0 Å². The van der Waals surface area contributed by atoms with Crippen molar-refractivity contribution in [1.29, 1.82) is 0 Å². The largest absolute Gasteiger partial charge is 0.347 e. The van der Waals surface area contributed by atoms with Gasteiger partial charge in [-0.3, -0.25) is 14.2 Å². The minimum Gasteiger partial charge on any atom is -0.347 e. The number of benzene rings is 1. The minimum absolute atomic E-state index is 0.00644. The number of carbonyl (C=O) groups excluding carboxylic acids is 1. The molecule has 1 N–H and O–H groups in total. The first-order valence-corrected chi connectivity index (χ1v) is 8.44. The van der Waals surface area contributed by atoms with Crippen molar-refractivity contribution in [2.24, 2.45) is 0 Å². The second-order valence-corrected chi connectivity index (χ2v) is 6.61. The Morgan fingerprint density at radius 1 is 1.35 bits per heavy atom. The highest BCUT2D eigenvalue weighted by Crippen LogP contribution is 2.16. The van der Waals surface area contributed by atoms with Crippen LogP contribution in [0.25, 0.3) is 10.9 Å².